The van der Waals surface area contributed by atoms with E-state index in [9.17, 15) is 31.1 Å². The largest absolute Gasteiger partial charge is 0.573 e. The Kier molecular flexibility index (Phi) is 5.48. The average molecular weight is 377 g/mol. The molecule has 0 unspecified atom stereocenters. The van der Waals surface area contributed by atoms with Crippen molar-refractivity contribution in [2.24, 2.45) is 0 Å². The molecule has 1 atom stereocenters. The summed E-state index contributed by atoms with van der Waals surface area (Å²) in [4.78, 5) is 12.2. The molecule has 0 radical (unpaired) electrons. The molecule has 0 bridgehead atoms. The maximum Gasteiger partial charge on any atom is 0.573 e. The zero-order valence-electron chi connectivity index (χ0n) is 13.3. The van der Waals surface area contributed by atoms with Crippen LogP contribution in [0.25, 0.3) is 0 Å². The van der Waals surface area contributed by atoms with Gasteiger partial charge in [-0.3, -0.25) is 4.79 Å². The molecule has 2 aromatic carbocycles. The van der Waals surface area contributed by atoms with Crippen LogP contribution in [0.3, 0.4) is 0 Å². The third-order valence-electron chi connectivity index (χ3n) is 3.44. The summed E-state index contributed by atoms with van der Waals surface area (Å²) in [6.45, 7) is 1.49. The van der Waals surface area contributed by atoms with Gasteiger partial charge in [0.15, 0.2) is 0 Å². The maximum absolute atomic E-state index is 13.0. The minimum atomic E-state index is -4.83. The van der Waals surface area contributed by atoms with Gasteiger partial charge in [-0.15, -0.1) is 13.2 Å². The molecule has 140 valence electrons. The number of ether oxygens (including phenoxy) is 1. The van der Waals surface area contributed by atoms with Crippen molar-refractivity contribution < 1.29 is 35.9 Å². The highest BCUT2D eigenvalue weighted by Crippen LogP contribution is 2.32. The van der Waals surface area contributed by atoms with Crippen molar-refractivity contribution in [3.8, 4) is 5.75 Å². The molecule has 2 aromatic rings. The van der Waals surface area contributed by atoms with Crippen LogP contribution in [0.5, 0.6) is 5.75 Å². The molecule has 0 saturated carbocycles. The molecule has 0 aromatic heterocycles. The van der Waals surface area contributed by atoms with Crippen molar-refractivity contribution in [1.82, 2.24) is 5.32 Å². The second-order valence-electron chi connectivity index (χ2n) is 5.36. The number of nitrogens with one attached hydrogen (secondary N) is 1. The smallest absolute Gasteiger partial charge is 0.406 e. The summed E-state index contributed by atoms with van der Waals surface area (Å²) < 4.78 is 79.0. The van der Waals surface area contributed by atoms with E-state index in [2.05, 4.69) is 10.1 Å². The van der Waals surface area contributed by atoms with Gasteiger partial charge in [0.05, 0.1) is 17.2 Å². The fraction of sp³-hybridized carbons (Fsp3) is 0.235. The third-order valence-corrected chi connectivity index (χ3v) is 3.44. The van der Waals surface area contributed by atoms with Crippen molar-refractivity contribution in [3.05, 3.63) is 65.2 Å². The maximum atomic E-state index is 13.0. The lowest BCUT2D eigenvalue weighted by Crippen LogP contribution is -2.28. The second-order valence-corrected chi connectivity index (χ2v) is 5.36. The number of carbonyl (C=O) groups excluding carboxylic acids is 1. The summed E-state index contributed by atoms with van der Waals surface area (Å²) >= 11 is 0. The van der Waals surface area contributed by atoms with Crippen LogP contribution in [-0.4, -0.2) is 12.3 Å². The quantitative estimate of drug-likeness (QED) is 0.754. The lowest BCUT2D eigenvalue weighted by atomic mass is 10.0. The summed E-state index contributed by atoms with van der Waals surface area (Å²) in [6.07, 6.45) is -9.52. The van der Waals surface area contributed by atoms with E-state index >= 15 is 0 Å². The highest BCUT2D eigenvalue weighted by atomic mass is 19.4. The first kappa shape index (κ1) is 19.6. The molecule has 1 amide bonds. The van der Waals surface area contributed by atoms with Crippen LogP contribution in [0.2, 0.25) is 0 Å². The SMILES string of the molecule is C[C@H](NC(=O)c1ccccc1C(F)(F)F)c1ccc(OC(F)(F)F)cc1. The van der Waals surface area contributed by atoms with Gasteiger partial charge < -0.3 is 10.1 Å². The summed E-state index contributed by atoms with van der Waals surface area (Å²) in [7, 11) is 0. The molecule has 0 spiro atoms. The number of hydrogen-bond donors (Lipinski definition) is 1. The molecule has 0 heterocycles. The van der Waals surface area contributed by atoms with Crippen molar-refractivity contribution >= 4 is 5.91 Å². The van der Waals surface area contributed by atoms with E-state index in [0.29, 0.717) is 5.56 Å². The van der Waals surface area contributed by atoms with Gasteiger partial charge in [0.25, 0.3) is 5.91 Å². The molecular formula is C17H13F6NO2. The zero-order chi connectivity index (χ0) is 19.5. The van der Waals surface area contributed by atoms with Gasteiger partial charge in [0, 0.05) is 0 Å². The molecule has 2 rings (SSSR count). The Morgan fingerprint density at radius 3 is 2.08 bits per heavy atom. The molecule has 1 N–H and O–H groups in total. The Morgan fingerprint density at radius 2 is 1.54 bits per heavy atom. The van der Waals surface area contributed by atoms with E-state index in [0.717, 1.165) is 24.3 Å². The highest BCUT2D eigenvalue weighted by Gasteiger charge is 2.35. The monoisotopic (exact) mass is 377 g/mol. The van der Waals surface area contributed by atoms with Crippen molar-refractivity contribution in [2.45, 2.75) is 25.5 Å². The van der Waals surface area contributed by atoms with Crippen LogP contribution in [-0.2, 0) is 6.18 Å². The predicted molar refractivity (Wildman–Crippen MR) is 80.5 cm³/mol. The fourth-order valence-electron chi connectivity index (χ4n) is 2.24. The molecular weight excluding hydrogens is 364 g/mol. The van der Waals surface area contributed by atoms with Gasteiger partial charge in [-0.1, -0.05) is 24.3 Å². The molecule has 9 heteroatoms. The molecule has 3 nitrogen and oxygen atoms in total. The predicted octanol–water partition coefficient (Wildman–Crippen LogP) is 5.10. The molecule has 0 saturated heterocycles. The van der Waals surface area contributed by atoms with Gasteiger partial charge in [0.1, 0.15) is 5.75 Å². The van der Waals surface area contributed by atoms with E-state index in [1.54, 1.807) is 0 Å². The zero-order valence-corrected chi connectivity index (χ0v) is 13.3. The number of rotatable bonds is 4. The van der Waals surface area contributed by atoms with Gasteiger partial charge in [-0.25, -0.2) is 0 Å². The fourth-order valence-corrected chi connectivity index (χ4v) is 2.24. The number of alkyl halides is 6. The van der Waals surface area contributed by atoms with Gasteiger partial charge >= 0.3 is 12.5 Å². The van der Waals surface area contributed by atoms with Crippen molar-refractivity contribution in [2.75, 3.05) is 0 Å². The third kappa shape index (κ3) is 5.14. The molecule has 0 aliphatic rings. The van der Waals surface area contributed by atoms with E-state index in [-0.39, 0.29) is 0 Å². The topological polar surface area (TPSA) is 38.3 Å². The van der Waals surface area contributed by atoms with Gasteiger partial charge in [0.2, 0.25) is 0 Å². The van der Waals surface area contributed by atoms with Crippen molar-refractivity contribution in [3.63, 3.8) is 0 Å². The van der Waals surface area contributed by atoms with Crippen LogP contribution in [0.1, 0.15) is 34.5 Å². The number of halogens is 6. The molecule has 0 fully saturated rings. The Bertz CT molecular complexity index is 768. The normalized spacial score (nSPS) is 13.2. The van der Waals surface area contributed by atoms with Crippen LogP contribution >= 0.6 is 0 Å². The first-order valence-corrected chi connectivity index (χ1v) is 7.30. The van der Waals surface area contributed by atoms with Crippen LogP contribution in [0.4, 0.5) is 26.3 Å². The lowest BCUT2D eigenvalue weighted by Gasteiger charge is -2.17. The van der Waals surface area contributed by atoms with E-state index in [4.69, 9.17) is 0 Å². The molecule has 0 aliphatic carbocycles. The van der Waals surface area contributed by atoms with Gasteiger partial charge in [-0.2, -0.15) is 13.2 Å². The van der Waals surface area contributed by atoms with Gasteiger partial charge in [-0.05, 0) is 36.8 Å². The van der Waals surface area contributed by atoms with Crippen LogP contribution < -0.4 is 10.1 Å². The molecule has 26 heavy (non-hydrogen) atoms. The minimum Gasteiger partial charge on any atom is -0.406 e. The van der Waals surface area contributed by atoms with Crippen molar-refractivity contribution in [1.29, 1.82) is 0 Å². The van der Waals surface area contributed by atoms with E-state index in [1.807, 2.05) is 0 Å². The average Bonchev–Trinajstić information content (AvgIpc) is 2.53. The Labute approximate surface area is 144 Å². The number of amides is 1. The van der Waals surface area contributed by atoms with Crippen LogP contribution in [0.15, 0.2) is 48.5 Å². The summed E-state index contributed by atoms with van der Waals surface area (Å²) in [5.41, 5.74) is -1.21. The first-order chi connectivity index (χ1) is 12.0. The first-order valence-electron chi connectivity index (χ1n) is 7.30. The summed E-state index contributed by atoms with van der Waals surface area (Å²) in [6, 6.07) is 8.24. The number of benzene rings is 2. The highest BCUT2D eigenvalue weighted by molar-refractivity contribution is 5.96. The Morgan fingerprint density at radius 1 is 0.962 bits per heavy atom. The van der Waals surface area contributed by atoms with E-state index < -0.39 is 41.4 Å². The second kappa shape index (κ2) is 7.27. The Hall–Kier alpha value is -2.71. The number of hydrogen-bond acceptors (Lipinski definition) is 2. The minimum absolute atomic E-state index is 0.400. The number of carbonyl (C=O) groups is 1. The summed E-state index contributed by atoms with van der Waals surface area (Å²) in [5.74, 6) is -1.39. The summed E-state index contributed by atoms with van der Waals surface area (Å²) in [5, 5.41) is 2.39. The Balaban J connectivity index is 2.13. The van der Waals surface area contributed by atoms with E-state index in [1.165, 1.54) is 31.2 Å². The standard InChI is InChI=1S/C17H13F6NO2/c1-10(11-6-8-12(9-7-11)26-17(21,22)23)24-15(25)13-4-2-3-5-14(13)16(18,19)20/h2-10H,1H3,(H,24,25)/t10-/m0/s1. The lowest BCUT2D eigenvalue weighted by molar-refractivity contribution is -0.274. The molecule has 0 aliphatic heterocycles. The van der Waals surface area contributed by atoms with Crippen LogP contribution in [0, 0.1) is 0 Å².